The molecule has 5 rings (SSSR count). The molecule has 0 aliphatic carbocycles. The summed E-state index contributed by atoms with van der Waals surface area (Å²) in [6.07, 6.45) is 3.87. The lowest BCUT2D eigenvalue weighted by Gasteiger charge is -2.16. The van der Waals surface area contributed by atoms with Crippen LogP contribution in [-0.4, -0.2) is 19.6 Å². The number of halogens is 1. The van der Waals surface area contributed by atoms with E-state index in [-0.39, 0.29) is 23.5 Å². The maximum absolute atomic E-state index is 13.4. The number of aromatic amines is 1. The second-order valence-corrected chi connectivity index (χ2v) is 7.28. The van der Waals surface area contributed by atoms with Crippen LogP contribution in [0.25, 0.3) is 17.1 Å². The van der Waals surface area contributed by atoms with Crippen LogP contribution >= 0.6 is 0 Å². The highest BCUT2D eigenvalue weighted by atomic mass is 19.1. The smallest absolute Gasteiger partial charge is 0.278 e. The SMILES string of the molecule is O=c1c(Cc2ccco2)nc2c[nH]c(-c3cccc(O)c3)c(Cc3ccc(F)cc3)n1-2. The highest BCUT2D eigenvalue weighted by molar-refractivity contribution is 5.65. The Morgan fingerprint density at radius 1 is 1.06 bits per heavy atom. The molecule has 0 amide bonds. The normalized spacial score (nSPS) is 11.3. The summed E-state index contributed by atoms with van der Waals surface area (Å²) in [5.41, 5.74) is 3.03. The molecule has 0 bridgehead atoms. The highest BCUT2D eigenvalue weighted by Crippen LogP contribution is 2.28. The summed E-state index contributed by atoms with van der Waals surface area (Å²) in [5.74, 6) is 0.921. The van der Waals surface area contributed by atoms with Crippen molar-refractivity contribution in [2.75, 3.05) is 0 Å². The molecule has 1 aromatic heterocycles. The molecule has 31 heavy (non-hydrogen) atoms. The molecular formula is C24H18FN3O3. The van der Waals surface area contributed by atoms with E-state index in [4.69, 9.17) is 4.42 Å². The number of furan rings is 1. The molecule has 2 aliphatic heterocycles. The van der Waals surface area contributed by atoms with Crippen LogP contribution in [0, 0.1) is 5.82 Å². The van der Waals surface area contributed by atoms with Crippen molar-refractivity contribution in [3.63, 3.8) is 0 Å². The number of hydrogen-bond acceptors (Lipinski definition) is 4. The topological polar surface area (TPSA) is 84.1 Å². The number of aromatic hydroxyl groups is 1. The van der Waals surface area contributed by atoms with Crippen molar-refractivity contribution in [2.45, 2.75) is 12.8 Å². The third-order valence-corrected chi connectivity index (χ3v) is 5.17. The molecule has 0 saturated heterocycles. The molecule has 0 saturated carbocycles. The fraction of sp³-hybridized carbons (Fsp3) is 0.0833. The van der Waals surface area contributed by atoms with E-state index in [9.17, 15) is 14.3 Å². The van der Waals surface area contributed by atoms with Gasteiger partial charge in [-0.15, -0.1) is 0 Å². The van der Waals surface area contributed by atoms with Crippen molar-refractivity contribution in [3.8, 4) is 22.8 Å². The van der Waals surface area contributed by atoms with Crippen LogP contribution in [0.5, 0.6) is 5.75 Å². The van der Waals surface area contributed by atoms with Crippen molar-refractivity contribution < 1.29 is 13.9 Å². The average molecular weight is 415 g/mol. The summed E-state index contributed by atoms with van der Waals surface area (Å²) in [6, 6.07) is 16.5. The Balaban J connectivity index is 1.70. The van der Waals surface area contributed by atoms with Crippen LogP contribution in [0.2, 0.25) is 0 Å². The van der Waals surface area contributed by atoms with Crippen molar-refractivity contribution >= 4 is 0 Å². The molecule has 2 N–H and O–H groups in total. The number of H-pyrrole nitrogens is 1. The van der Waals surface area contributed by atoms with Gasteiger partial charge < -0.3 is 14.5 Å². The maximum Gasteiger partial charge on any atom is 0.278 e. The van der Waals surface area contributed by atoms with Gasteiger partial charge >= 0.3 is 0 Å². The molecule has 0 fully saturated rings. The van der Waals surface area contributed by atoms with Crippen LogP contribution in [0.1, 0.15) is 22.7 Å². The first-order valence-corrected chi connectivity index (χ1v) is 9.76. The monoisotopic (exact) mass is 415 g/mol. The fourth-order valence-electron chi connectivity index (χ4n) is 3.73. The minimum Gasteiger partial charge on any atom is -0.508 e. The summed E-state index contributed by atoms with van der Waals surface area (Å²) < 4.78 is 20.3. The van der Waals surface area contributed by atoms with Gasteiger partial charge in [-0.3, -0.25) is 9.36 Å². The predicted molar refractivity (Wildman–Crippen MR) is 113 cm³/mol. The Labute approximate surface area is 176 Å². The Bertz CT molecular complexity index is 1370. The summed E-state index contributed by atoms with van der Waals surface area (Å²) in [5, 5.41) is 9.95. The van der Waals surface area contributed by atoms with Crippen molar-refractivity contribution in [1.82, 2.24) is 14.5 Å². The Morgan fingerprint density at radius 2 is 1.90 bits per heavy atom. The summed E-state index contributed by atoms with van der Waals surface area (Å²) in [6.45, 7) is 0. The first-order chi connectivity index (χ1) is 15.1. The van der Waals surface area contributed by atoms with Gasteiger partial charge in [0.1, 0.15) is 23.0 Å². The Hall–Kier alpha value is -4.13. The zero-order valence-corrected chi connectivity index (χ0v) is 16.4. The van der Waals surface area contributed by atoms with Gasteiger partial charge in [-0.05, 0) is 42.0 Å². The summed E-state index contributed by atoms with van der Waals surface area (Å²) >= 11 is 0. The molecule has 154 valence electrons. The highest BCUT2D eigenvalue weighted by Gasteiger charge is 2.22. The zero-order chi connectivity index (χ0) is 21.4. The molecule has 3 heterocycles. The first-order valence-electron chi connectivity index (χ1n) is 9.76. The molecule has 0 atom stereocenters. The van der Waals surface area contributed by atoms with Gasteiger partial charge in [-0.25, -0.2) is 9.37 Å². The van der Waals surface area contributed by atoms with E-state index in [0.717, 1.165) is 11.1 Å². The van der Waals surface area contributed by atoms with Crippen LogP contribution in [0.4, 0.5) is 4.39 Å². The van der Waals surface area contributed by atoms with Gasteiger partial charge in [0.05, 0.1) is 24.1 Å². The molecule has 6 nitrogen and oxygen atoms in total. The second kappa shape index (κ2) is 7.60. The lowest BCUT2D eigenvalue weighted by molar-refractivity contribution is 0.475. The Morgan fingerprint density at radius 3 is 2.65 bits per heavy atom. The molecule has 3 aromatic rings. The van der Waals surface area contributed by atoms with E-state index in [1.54, 1.807) is 59.5 Å². The lowest BCUT2D eigenvalue weighted by Crippen LogP contribution is -2.21. The van der Waals surface area contributed by atoms with E-state index in [0.29, 0.717) is 35.1 Å². The minimum absolute atomic E-state index is 0.116. The molecule has 2 aromatic carbocycles. The standard InChI is InChI=1S/C24H18FN3O3/c25-17-8-6-15(7-9-17)11-21-23(16-3-1-4-18(29)12-16)26-14-22-27-20(24(30)28(21)22)13-19-5-2-10-31-19/h1-10,12,14,26,29H,11,13H2. The largest absolute Gasteiger partial charge is 0.508 e. The second-order valence-electron chi connectivity index (χ2n) is 7.28. The van der Waals surface area contributed by atoms with E-state index in [1.807, 2.05) is 6.07 Å². The summed E-state index contributed by atoms with van der Waals surface area (Å²) in [7, 11) is 0. The van der Waals surface area contributed by atoms with E-state index in [1.165, 1.54) is 12.1 Å². The molecule has 0 radical (unpaired) electrons. The van der Waals surface area contributed by atoms with E-state index in [2.05, 4.69) is 9.97 Å². The minimum atomic E-state index is -0.324. The number of hydrogen-bond donors (Lipinski definition) is 2. The number of imidazole rings is 1. The average Bonchev–Trinajstić information content (AvgIpc) is 3.38. The predicted octanol–water partition coefficient (Wildman–Crippen LogP) is 4.28. The number of benzene rings is 2. The molecule has 0 unspecified atom stereocenters. The quantitative estimate of drug-likeness (QED) is 0.449. The van der Waals surface area contributed by atoms with Crippen molar-refractivity contribution in [2.24, 2.45) is 0 Å². The van der Waals surface area contributed by atoms with E-state index >= 15 is 0 Å². The van der Waals surface area contributed by atoms with Gasteiger partial charge in [-0.1, -0.05) is 24.3 Å². The molecular weight excluding hydrogens is 397 g/mol. The molecule has 7 heteroatoms. The first kappa shape index (κ1) is 18.9. The number of phenolic OH excluding ortho intramolecular Hbond substituents is 1. The maximum atomic E-state index is 13.4. The number of nitrogens with zero attached hydrogens (tertiary/aromatic N) is 2. The third-order valence-electron chi connectivity index (χ3n) is 5.17. The number of fused-ring (bicyclic) bond motifs is 1. The van der Waals surface area contributed by atoms with Gasteiger partial charge in [0.2, 0.25) is 0 Å². The lowest BCUT2D eigenvalue weighted by atomic mass is 10.0. The van der Waals surface area contributed by atoms with Crippen molar-refractivity contribution in [3.05, 3.63) is 112 Å². The third kappa shape index (κ3) is 3.61. The van der Waals surface area contributed by atoms with Gasteiger partial charge in [0, 0.05) is 18.2 Å². The van der Waals surface area contributed by atoms with E-state index < -0.39 is 0 Å². The number of rotatable bonds is 5. The van der Waals surface area contributed by atoms with Gasteiger partial charge in [0.25, 0.3) is 5.56 Å². The van der Waals surface area contributed by atoms with Crippen LogP contribution < -0.4 is 5.56 Å². The summed E-state index contributed by atoms with van der Waals surface area (Å²) in [4.78, 5) is 21.0. The fourth-order valence-corrected chi connectivity index (χ4v) is 3.73. The number of phenols is 1. The zero-order valence-electron chi connectivity index (χ0n) is 16.4. The van der Waals surface area contributed by atoms with Crippen LogP contribution in [0.15, 0.2) is 82.3 Å². The molecule has 2 aliphatic rings. The number of nitrogens with one attached hydrogen (secondary N) is 1. The Kier molecular flexibility index (Phi) is 4.63. The van der Waals surface area contributed by atoms with Crippen LogP contribution in [0.3, 0.4) is 0 Å². The number of aromatic nitrogens is 3. The van der Waals surface area contributed by atoms with Crippen LogP contribution in [-0.2, 0) is 12.8 Å². The molecule has 0 spiro atoms. The van der Waals surface area contributed by atoms with Gasteiger partial charge in [-0.2, -0.15) is 0 Å². The van der Waals surface area contributed by atoms with Crippen molar-refractivity contribution in [1.29, 1.82) is 0 Å². The van der Waals surface area contributed by atoms with Gasteiger partial charge in [0.15, 0.2) is 5.82 Å².